The van der Waals surface area contributed by atoms with Crippen LogP contribution in [-0.2, 0) is 6.54 Å². The zero-order chi connectivity index (χ0) is 15.4. The molecule has 2 rings (SSSR count). The SMILES string of the molecule is COc1cc(N)ccc1C(=O)NCc1cc(Br)ccc1F. The van der Waals surface area contributed by atoms with Crippen LogP contribution in [0.15, 0.2) is 40.9 Å². The molecule has 0 atom stereocenters. The van der Waals surface area contributed by atoms with E-state index in [0.717, 1.165) is 4.47 Å². The molecule has 1 amide bonds. The first-order valence-corrected chi connectivity index (χ1v) is 6.96. The Kier molecular flexibility index (Phi) is 4.80. The Hall–Kier alpha value is -2.08. The topological polar surface area (TPSA) is 64.3 Å². The summed E-state index contributed by atoms with van der Waals surface area (Å²) in [6, 6.07) is 9.31. The van der Waals surface area contributed by atoms with Gasteiger partial charge < -0.3 is 15.8 Å². The summed E-state index contributed by atoms with van der Waals surface area (Å²) in [5.41, 5.74) is 6.88. The Bertz CT molecular complexity index is 677. The maximum absolute atomic E-state index is 13.6. The molecule has 0 saturated carbocycles. The molecule has 110 valence electrons. The fraction of sp³-hybridized carbons (Fsp3) is 0.133. The van der Waals surface area contributed by atoms with E-state index in [1.165, 1.54) is 13.2 Å². The summed E-state index contributed by atoms with van der Waals surface area (Å²) >= 11 is 3.27. The van der Waals surface area contributed by atoms with Gasteiger partial charge in [0.15, 0.2) is 0 Å². The number of amides is 1. The molecule has 0 aliphatic carbocycles. The number of nitrogen functional groups attached to an aromatic ring is 1. The van der Waals surface area contributed by atoms with Crippen LogP contribution < -0.4 is 15.8 Å². The second kappa shape index (κ2) is 6.58. The van der Waals surface area contributed by atoms with Crippen molar-refractivity contribution in [3.63, 3.8) is 0 Å². The lowest BCUT2D eigenvalue weighted by Gasteiger charge is -2.10. The fourth-order valence-electron chi connectivity index (χ4n) is 1.84. The molecule has 0 aromatic heterocycles. The van der Waals surface area contributed by atoms with Crippen LogP contribution in [0.4, 0.5) is 10.1 Å². The summed E-state index contributed by atoms with van der Waals surface area (Å²) in [5.74, 6) is -0.351. The number of anilines is 1. The average molecular weight is 353 g/mol. The van der Waals surface area contributed by atoms with Gasteiger partial charge in [-0.25, -0.2) is 4.39 Å². The molecule has 0 spiro atoms. The third-order valence-electron chi connectivity index (χ3n) is 2.92. The summed E-state index contributed by atoms with van der Waals surface area (Å²) in [4.78, 5) is 12.1. The first-order valence-electron chi connectivity index (χ1n) is 6.17. The van der Waals surface area contributed by atoms with Crippen molar-refractivity contribution in [3.8, 4) is 5.75 Å². The zero-order valence-corrected chi connectivity index (χ0v) is 12.9. The highest BCUT2D eigenvalue weighted by atomic mass is 79.9. The van der Waals surface area contributed by atoms with E-state index >= 15 is 0 Å². The minimum absolute atomic E-state index is 0.0810. The van der Waals surface area contributed by atoms with Crippen LogP contribution >= 0.6 is 15.9 Å². The second-order valence-electron chi connectivity index (χ2n) is 4.38. The predicted octanol–water partition coefficient (Wildman–Crippen LogP) is 3.11. The van der Waals surface area contributed by atoms with Gasteiger partial charge in [0.1, 0.15) is 11.6 Å². The van der Waals surface area contributed by atoms with Gasteiger partial charge >= 0.3 is 0 Å². The third-order valence-corrected chi connectivity index (χ3v) is 3.41. The molecule has 0 saturated heterocycles. The molecule has 0 heterocycles. The van der Waals surface area contributed by atoms with Crippen LogP contribution in [0, 0.1) is 5.82 Å². The van der Waals surface area contributed by atoms with Crippen LogP contribution in [0.25, 0.3) is 0 Å². The maximum atomic E-state index is 13.6. The zero-order valence-electron chi connectivity index (χ0n) is 11.3. The molecule has 21 heavy (non-hydrogen) atoms. The van der Waals surface area contributed by atoms with Gasteiger partial charge in [-0.2, -0.15) is 0 Å². The minimum atomic E-state index is -0.372. The molecule has 0 fully saturated rings. The number of methoxy groups -OCH3 is 1. The number of rotatable bonds is 4. The number of hydrogen-bond acceptors (Lipinski definition) is 3. The number of halogens is 2. The van der Waals surface area contributed by atoms with E-state index < -0.39 is 0 Å². The monoisotopic (exact) mass is 352 g/mol. The first-order chi connectivity index (χ1) is 10.0. The maximum Gasteiger partial charge on any atom is 0.255 e. The Morgan fingerprint density at radius 1 is 1.33 bits per heavy atom. The van der Waals surface area contributed by atoms with Crippen LogP contribution in [0.5, 0.6) is 5.75 Å². The largest absolute Gasteiger partial charge is 0.496 e. The van der Waals surface area contributed by atoms with Gasteiger partial charge in [0.05, 0.1) is 12.7 Å². The van der Waals surface area contributed by atoms with Gasteiger partial charge in [0.2, 0.25) is 0 Å². The summed E-state index contributed by atoms with van der Waals surface area (Å²) < 4.78 is 19.5. The van der Waals surface area contributed by atoms with E-state index in [9.17, 15) is 9.18 Å². The molecule has 0 unspecified atom stereocenters. The van der Waals surface area contributed by atoms with E-state index in [1.54, 1.807) is 30.3 Å². The quantitative estimate of drug-likeness (QED) is 0.831. The number of carbonyl (C=O) groups excluding carboxylic acids is 1. The standard InChI is InChI=1S/C15H14BrFN2O2/c1-21-14-7-11(18)3-4-12(14)15(20)19-8-9-6-10(16)2-5-13(9)17/h2-7H,8,18H2,1H3,(H,19,20). The second-order valence-corrected chi connectivity index (χ2v) is 5.29. The Morgan fingerprint density at radius 2 is 2.10 bits per heavy atom. The van der Waals surface area contributed by atoms with Crippen LogP contribution in [0.1, 0.15) is 15.9 Å². The number of nitrogens with two attached hydrogens (primary N) is 1. The Balaban J connectivity index is 2.13. The van der Waals surface area contributed by atoms with Gasteiger partial charge in [-0.3, -0.25) is 4.79 Å². The molecule has 0 bridgehead atoms. The summed E-state index contributed by atoms with van der Waals surface area (Å²) in [6.45, 7) is 0.0810. The van der Waals surface area contributed by atoms with Gasteiger partial charge in [-0.05, 0) is 30.3 Å². The number of nitrogens with one attached hydrogen (secondary N) is 1. The summed E-state index contributed by atoms with van der Waals surface area (Å²) in [6.07, 6.45) is 0. The molecule has 3 N–H and O–H groups in total. The third kappa shape index (κ3) is 3.72. The molecule has 0 aliphatic rings. The summed E-state index contributed by atoms with van der Waals surface area (Å²) in [5, 5.41) is 2.66. The van der Waals surface area contributed by atoms with Crippen LogP contribution in [0.2, 0.25) is 0 Å². The van der Waals surface area contributed by atoms with Crippen molar-refractivity contribution in [2.45, 2.75) is 6.54 Å². The highest BCUT2D eigenvalue weighted by Crippen LogP contribution is 2.21. The van der Waals surface area contributed by atoms with Crippen molar-refractivity contribution in [1.82, 2.24) is 5.32 Å². The van der Waals surface area contributed by atoms with Crippen LogP contribution in [-0.4, -0.2) is 13.0 Å². The average Bonchev–Trinajstić information content (AvgIpc) is 2.47. The van der Waals surface area contributed by atoms with E-state index in [0.29, 0.717) is 22.6 Å². The number of benzene rings is 2. The number of ether oxygens (including phenoxy) is 1. The van der Waals surface area contributed by atoms with Gasteiger partial charge in [0.25, 0.3) is 5.91 Å². The Morgan fingerprint density at radius 3 is 2.81 bits per heavy atom. The molecule has 0 aliphatic heterocycles. The van der Waals surface area contributed by atoms with Crippen LogP contribution in [0.3, 0.4) is 0 Å². The van der Waals surface area contributed by atoms with Gasteiger partial charge in [-0.15, -0.1) is 0 Å². The van der Waals surface area contributed by atoms with E-state index in [4.69, 9.17) is 10.5 Å². The summed E-state index contributed by atoms with van der Waals surface area (Å²) in [7, 11) is 1.46. The molecule has 0 radical (unpaired) electrons. The van der Waals surface area contributed by atoms with E-state index in [-0.39, 0.29) is 18.3 Å². The molecule has 4 nitrogen and oxygen atoms in total. The smallest absolute Gasteiger partial charge is 0.255 e. The van der Waals surface area contributed by atoms with E-state index in [2.05, 4.69) is 21.2 Å². The number of hydrogen-bond donors (Lipinski definition) is 2. The fourth-order valence-corrected chi connectivity index (χ4v) is 2.25. The van der Waals surface area contributed by atoms with Crippen molar-refractivity contribution in [2.75, 3.05) is 12.8 Å². The van der Waals surface area contributed by atoms with Crippen molar-refractivity contribution in [2.24, 2.45) is 0 Å². The molecule has 6 heteroatoms. The van der Waals surface area contributed by atoms with E-state index in [1.807, 2.05) is 0 Å². The predicted molar refractivity (Wildman–Crippen MR) is 82.7 cm³/mol. The van der Waals surface area contributed by atoms with Crippen molar-refractivity contribution < 1.29 is 13.9 Å². The van der Waals surface area contributed by atoms with Crippen molar-refractivity contribution in [1.29, 1.82) is 0 Å². The van der Waals surface area contributed by atoms with Gasteiger partial charge in [0, 0.05) is 28.3 Å². The highest BCUT2D eigenvalue weighted by molar-refractivity contribution is 9.10. The van der Waals surface area contributed by atoms with Crippen molar-refractivity contribution >= 4 is 27.5 Å². The lowest BCUT2D eigenvalue weighted by molar-refractivity contribution is 0.0947. The molecule has 2 aromatic rings. The Labute approximate surface area is 130 Å². The molecule has 2 aromatic carbocycles. The minimum Gasteiger partial charge on any atom is -0.496 e. The lowest BCUT2D eigenvalue weighted by Crippen LogP contribution is -2.24. The first kappa shape index (κ1) is 15.3. The number of carbonyl (C=O) groups is 1. The molecular weight excluding hydrogens is 339 g/mol. The lowest BCUT2D eigenvalue weighted by atomic mass is 10.1. The normalized spacial score (nSPS) is 10.2. The molecular formula is C15H14BrFN2O2. The highest BCUT2D eigenvalue weighted by Gasteiger charge is 2.13. The van der Waals surface area contributed by atoms with Gasteiger partial charge in [-0.1, -0.05) is 15.9 Å². The van der Waals surface area contributed by atoms with Crippen molar-refractivity contribution in [3.05, 3.63) is 57.8 Å².